The highest BCUT2D eigenvalue weighted by molar-refractivity contribution is 5.72. The zero-order chi connectivity index (χ0) is 14.8. The molecule has 0 saturated carbocycles. The quantitative estimate of drug-likeness (QED) is 0.742. The monoisotopic (exact) mass is 296 g/mol. The maximum Gasteiger partial charge on any atom is 0.199 e. The van der Waals surface area contributed by atoms with E-state index in [0.29, 0.717) is 5.92 Å². The van der Waals surface area contributed by atoms with Crippen molar-refractivity contribution in [1.82, 2.24) is 19.7 Å². The maximum absolute atomic E-state index is 5.95. The average Bonchev–Trinajstić information content (AvgIpc) is 3.22. The summed E-state index contributed by atoms with van der Waals surface area (Å²) in [6.07, 6.45) is 6.20. The Hall–Kier alpha value is -2.14. The lowest BCUT2D eigenvalue weighted by Crippen LogP contribution is -2.36. The van der Waals surface area contributed by atoms with Crippen molar-refractivity contribution in [2.45, 2.75) is 25.3 Å². The van der Waals surface area contributed by atoms with E-state index in [1.165, 1.54) is 6.42 Å². The number of hydrogen-bond acceptors (Lipinski definition) is 4. The molecule has 1 aromatic carbocycles. The van der Waals surface area contributed by atoms with Crippen LogP contribution < -0.4 is 0 Å². The Bertz CT molecular complexity index is 701. The molecule has 0 N–H and O–H groups in total. The van der Waals surface area contributed by atoms with Gasteiger partial charge in [0, 0.05) is 31.4 Å². The van der Waals surface area contributed by atoms with Crippen LogP contribution >= 0.6 is 0 Å². The van der Waals surface area contributed by atoms with Crippen LogP contribution in [0.15, 0.2) is 47.1 Å². The van der Waals surface area contributed by atoms with Gasteiger partial charge in [0.05, 0.1) is 6.54 Å². The van der Waals surface area contributed by atoms with Crippen molar-refractivity contribution in [1.29, 1.82) is 0 Å². The molecule has 5 heteroatoms. The normalized spacial score (nSPS) is 19.7. The molecule has 3 aromatic rings. The van der Waals surface area contributed by atoms with Crippen molar-refractivity contribution in [3.8, 4) is 0 Å². The number of nitrogens with zero attached hydrogens (tertiary/aromatic N) is 4. The van der Waals surface area contributed by atoms with Gasteiger partial charge < -0.3 is 9.32 Å². The highest BCUT2D eigenvalue weighted by atomic mass is 16.3. The van der Waals surface area contributed by atoms with Gasteiger partial charge in [-0.15, -0.1) is 0 Å². The molecule has 0 bridgehead atoms. The van der Waals surface area contributed by atoms with Gasteiger partial charge in [-0.1, -0.05) is 12.1 Å². The number of benzene rings is 1. The van der Waals surface area contributed by atoms with Gasteiger partial charge in [0.2, 0.25) is 0 Å². The van der Waals surface area contributed by atoms with Crippen LogP contribution in [0.1, 0.15) is 24.7 Å². The molecule has 22 heavy (non-hydrogen) atoms. The van der Waals surface area contributed by atoms with Gasteiger partial charge in [0.1, 0.15) is 5.52 Å². The molecule has 0 radical (unpaired) electrons. The summed E-state index contributed by atoms with van der Waals surface area (Å²) in [7, 11) is 0. The SMILES string of the molecule is c1ccc2oc(C3CCCN(CCn4cccn4)C3)nc2c1. The summed E-state index contributed by atoms with van der Waals surface area (Å²) in [4.78, 5) is 7.16. The zero-order valence-corrected chi connectivity index (χ0v) is 12.6. The molecule has 0 amide bonds. The molecule has 4 rings (SSSR count). The number of aromatic nitrogens is 3. The molecule has 5 nitrogen and oxygen atoms in total. The molecule has 1 atom stereocenters. The van der Waals surface area contributed by atoms with Crippen LogP contribution in [-0.4, -0.2) is 39.3 Å². The van der Waals surface area contributed by atoms with Gasteiger partial charge >= 0.3 is 0 Å². The molecule has 1 aliphatic rings. The summed E-state index contributed by atoms with van der Waals surface area (Å²) in [5, 5.41) is 4.27. The minimum atomic E-state index is 0.402. The highest BCUT2D eigenvalue weighted by Crippen LogP contribution is 2.28. The Balaban J connectivity index is 1.43. The summed E-state index contributed by atoms with van der Waals surface area (Å²) in [5.41, 5.74) is 1.86. The topological polar surface area (TPSA) is 47.1 Å². The van der Waals surface area contributed by atoms with Crippen LogP contribution in [-0.2, 0) is 6.54 Å². The van der Waals surface area contributed by atoms with Crippen LogP contribution in [0, 0.1) is 0 Å². The number of rotatable bonds is 4. The van der Waals surface area contributed by atoms with Gasteiger partial charge in [-0.3, -0.25) is 4.68 Å². The minimum absolute atomic E-state index is 0.402. The third-order valence-electron chi connectivity index (χ3n) is 4.37. The Morgan fingerprint density at radius 1 is 1.18 bits per heavy atom. The van der Waals surface area contributed by atoms with Gasteiger partial charge in [-0.05, 0) is 37.6 Å². The van der Waals surface area contributed by atoms with Gasteiger partial charge in [0.15, 0.2) is 11.5 Å². The second-order valence-corrected chi connectivity index (χ2v) is 5.93. The standard InChI is InChI=1S/C17H20N4O/c1-2-7-16-15(6-1)19-17(22-16)14-5-3-9-20(13-14)11-12-21-10-4-8-18-21/h1-2,4,6-8,10,14H,3,5,9,11-13H2. The minimum Gasteiger partial charge on any atom is -0.440 e. The predicted molar refractivity (Wildman–Crippen MR) is 84.7 cm³/mol. The molecule has 1 aliphatic heterocycles. The van der Waals surface area contributed by atoms with Crippen LogP contribution in [0.25, 0.3) is 11.1 Å². The Morgan fingerprint density at radius 3 is 3.00 bits per heavy atom. The molecule has 2 aromatic heterocycles. The number of hydrogen-bond donors (Lipinski definition) is 0. The number of oxazole rings is 1. The van der Waals surface area contributed by atoms with Crippen molar-refractivity contribution >= 4 is 11.1 Å². The van der Waals surface area contributed by atoms with E-state index < -0.39 is 0 Å². The van der Waals surface area contributed by atoms with E-state index in [4.69, 9.17) is 4.42 Å². The second kappa shape index (κ2) is 5.93. The zero-order valence-electron chi connectivity index (χ0n) is 12.6. The summed E-state index contributed by atoms with van der Waals surface area (Å²) < 4.78 is 7.94. The fraction of sp³-hybridized carbons (Fsp3) is 0.412. The van der Waals surface area contributed by atoms with E-state index in [0.717, 1.165) is 49.6 Å². The van der Waals surface area contributed by atoms with E-state index >= 15 is 0 Å². The molecule has 114 valence electrons. The number of fused-ring (bicyclic) bond motifs is 1. The van der Waals surface area contributed by atoms with Gasteiger partial charge in [0.25, 0.3) is 0 Å². The van der Waals surface area contributed by atoms with Crippen molar-refractivity contribution in [2.75, 3.05) is 19.6 Å². The van der Waals surface area contributed by atoms with Crippen molar-refractivity contribution < 1.29 is 4.42 Å². The predicted octanol–water partition coefficient (Wildman–Crippen LogP) is 2.90. The summed E-state index contributed by atoms with van der Waals surface area (Å²) in [6, 6.07) is 9.97. The molecule has 1 saturated heterocycles. The fourth-order valence-electron chi connectivity index (χ4n) is 3.20. The number of likely N-dealkylation sites (tertiary alicyclic amines) is 1. The molecular formula is C17H20N4O. The molecular weight excluding hydrogens is 276 g/mol. The van der Waals surface area contributed by atoms with Crippen LogP contribution in [0.5, 0.6) is 0 Å². The number of piperidine rings is 1. The fourth-order valence-corrected chi connectivity index (χ4v) is 3.20. The lowest BCUT2D eigenvalue weighted by atomic mass is 9.98. The Morgan fingerprint density at radius 2 is 2.14 bits per heavy atom. The first-order chi connectivity index (χ1) is 10.9. The Kier molecular flexibility index (Phi) is 3.64. The smallest absolute Gasteiger partial charge is 0.199 e. The van der Waals surface area contributed by atoms with E-state index in [1.807, 2.05) is 47.4 Å². The van der Waals surface area contributed by atoms with Crippen molar-refractivity contribution in [2.24, 2.45) is 0 Å². The largest absolute Gasteiger partial charge is 0.440 e. The molecule has 0 aliphatic carbocycles. The first-order valence-electron chi connectivity index (χ1n) is 7.94. The first kappa shape index (κ1) is 13.5. The maximum atomic E-state index is 5.95. The molecule has 1 fully saturated rings. The third kappa shape index (κ3) is 2.76. The van der Waals surface area contributed by atoms with Crippen LogP contribution in [0.2, 0.25) is 0 Å². The number of para-hydroxylation sites is 2. The van der Waals surface area contributed by atoms with E-state index in [9.17, 15) is 0 Å². The van der Waals surface area contributed by atoms with Crippen molar-refractivity contribution in [3.05, 3.63) is 48.6 Å². The molecule has 0 spiro atoms. The van der Waals surface area contributed by atoms with Crippen molar-refractivity contribution in [3.63, 3.8) is 0 Å². The van der Waals surface area contributed by atoms with E-state index in [2.05, 4.69) is 15.0 Å². The molecule has 1 unspecified atom stereocenters. The molecule has 3 heterocycles. The van der Waals surface area contributed by atoms with Gasteiger partial charge in [-0.25, -0.2) is 4.98 Å². The van der Waals surface area contributed by atoms with E-state index in [-0.39, 0.29) is 0 Å². The summed E-state index contributed by atoms with van der Waals surface area (Å²) in [5.74, 6) is 1.30. The van der Waals surface area contributed by atoms with Gasteiger partial charge in [-0.2, -0.15) is 5.10 Å². The van der Waals surface area contributed by atoms with E-state index in [1.54, 1.807) is 0 Å². The van der Waals surface area contributed by atoms with Crippen LogP contribution in [0.4, 0.5) is 0 Å². The third-order valence-corrected chi connectivity index (χ3v) is 4.37. The highest BCUT2D eigenvalue weighted by Gasteiger charge is 2.25. The Labute approximate surface area is 129 Å². The first-order valence-corrected chi connectivity index (χ1v) is 7.94. The average molecular weight is 296 g/mol. The summed E-state index contributed by atoms with van der Waals surface area (Å²) in [6.45, 7) is 4.14. The van der Waals surface area contributed by atoms with Crippen LogP contribution in [0.3, 0.4) is 0 Å². The lowest BCUT2D eigenvalue weighted by Gasteiger charge is -2.31. The lowest BCUT2D eigenvalue weighted by molar-refractivity contribution is 0.186. The second-order valence-electron chi connectivity index (χ2n) is 5.93. The summed E-state index contributed by atoms with van der Waals surface area (Å²) >= 11 is 0.